The van der Waals surface area contributed by atoms with Gasteiger partial charge in [0.25, 0.3) is 0 Å². The SMILES string of the molecule is COC(=O)[C@H](Cc1ccc(Br)o1)N[C@@H](CC(C)C)C(=O)OCc1ccccc1. The normalized spacial score (nSPS) is 13.2. The molecular formula is C21H26BrNO5. The number of rotatable bonds is 10. The van der Waals surface area contributed by atoms with Crippen LogP contribution in [0, 0.1) is 5.92 Å². The molecule has 152 valence electrons. The maximum Gasteiger partial charge on any atom is 0.323 e. The lowest BCUT2D eigenvalue weighted by molar-refractivity contribution is -0.149. The first kappa shape index (κ1) is 22.2. The van der Waals surface area contributed by atoms with Gasteiger partial charge in [-0.1, -0.05) is 44.2 Å². The molecule has 0 aliphatic heterocycles. The Morgan fingerprint density at radius 2 is 1.79 bits per heavy atom. The van der Waals surface area contributed by atoms with E-state index in [2.05, 4.69) is 21.2 Å². The molecule has 0 unspecified atom stereocenters. The zero-order chi connectivity index (χ0) is 20.5. The summed E-state index contributed by atoms with van der Waals surface area (Å²) >= 11 is 3.25. The highest BCUT2D eigenvalue weighted by Crippen LogP contribution is 2.17. The smallest absolute Gasteiger partial charge is 0.323 e. The Labute approximate surface area is 173 Å². The van der Waals surface area contributed by atoms with Crippen LogP contribution in [0.5, 0.6) is 0 Å². The standard InChI is InChI=1S/C21H26BrNO5/c1-14(2)11-17(21(25)27-13-15-7-5-4-6-8-15)23-18(20(24)26-3)12-16-9-10-19(22)28-16/h4-10,14,17-18,23H,11-13H2,1-3H3/t17-,18-/m0/s1. The number of carbonyl (C=O) groups excluding carboxylic acids is 2. The van der Waals surface area contributed by atoms with Gasteiger partial charge in [-0.25, -0.2) is 0 Å². The highest BCUT2D eigenvalue weighted by atomic mass is 79.9. The summed E-state index contributed by atoms with van der Waals surface area (Å²) in [6.07, 6.45) is 0.793. The molecule has 0 saturated carbocycles. The number of esters is 2. The van der Waals surface area contributed by atoms with Crippen LogP contribution < -0.4 is 5.32 Å². The van der Waals surface area contributed by atoms with Crippen molar-refractivity contribution in [3.63, 3.8) is 0 Å². The number of hydrogen-bond donors (Lipinski definition) is 1. The summed E-state index contributed by atoms with van der Waals surface area (Å²) in [7, 11) is 1.32. The van der Waals surface area contributed by atoms with Crippen molar-refractivity contribution < 1.29 is 23.5 Å². The van der Waals surface area contributed by atoms with Crippen LogP contribution in [0.1, 0.15) is 31.6 Å². The zero-order valence-electron chi connectivity index (χ0n) is 16.3. The van der Waals surface area contributed by atoms with E-state index in [1.165, 1.54) is 7.11 Å². The van der Waals surface area contributed by atoms with E-state index in [4.69, 9.17) is 13.9 Å². The molecule has 0 aliphatic carbocycles. The summed E-state index contributed by atoms with van der Waals surface area (Å²) in [5, 5.41) is 3.11. The van der Waals surface area contributed by atoms with E-state index in [1.807, 2.05) is 44.2 Å². The number of benzene rings is 1. The van der Waals surface area contributed by atoms with Crippen molar-refractivity contribution in [2.45, 2.75) is 45.4 Å². The molecule has 0 fully saturated rings. The molecule has 0 aliphatic rings. The van der Waals surface area contributed by atoms with Gasteiger partial charge in [0.2, 0.25) is 0 Å². The lowest BCUT2D eigenvalue weighted by Gasteiger charge is -2.24. The first-order valence-electron chi connectivity index (χ1n) is 9.17. The van der Waals surface area contributed by atoms with Gasteiger partial charge in [0.1, 0.15) is 24.5 Å². The molecule has 1 N–H and O–H groups in total. The zero-order valence-corrected chi connectivity index (χ0v) is 17.9. The predicted octanol–water partition coefficient (Wildman–Crippen LogP) is 3.87. The first-order chi connectivity index (χ1) is 13.4. The molecule has 28 heavy (non-hydrogen) atoms. The van der Waals surface area contributed by atoms with E-state index in [0.717, 1.165) is 5.56 Å². The van der Waals surface area contributed by atoms with E-state index >= 15 is 0 Å². The molecule has 0 spiro atoms. The Balaban J connectivity index is 2.07. The average molecular weight is 452 g/mol. The number of methoxy groups -OCH3 is 1. The molecule has 1 aromatic heterocycles. The molecule has 2 atom stereocenters. The summed E-state index contributed by atoms with van der Waals surface area (Å²) in [6, 6.07) is 11.6. The van der Waals surface area contributed by atoms with E-state index in [9.17, 15) is 9.59 Å². The van der Waals surface area contributed by atoms with Crippen LogP contribution in [-0.4, -0.2) is 31.1 Å². The minimum Gasteiger partial charge on any atom is -0.468 e. The molecule has 2 rings (SSSR count). The largest absolute Gasteiger partial charge is 0.468 e. The Kier molecular flexibility index (Phi) is 8.73. The highest BCUT2D eigenvalue weighted by Gasteiger charge is 2.29. The lowest BCUT2D eigenvalue weighted by atomic mass is 10.0. The van der Waals surface area contributed by atoms with Gasteiger partial charge in [-0.3, -0.25) is 14.9 Å². The molecule has 0 amide bonds. The second kappa shape index (κ2) is 11.0. The van der Waals surface area contributed by atoms with Gasteiger partial charge in [0.15, 0.2) is 4.67 Å². The molecule has 0 radical (unpaired) electrons. The lowest BCUT2D eigenvalue weighted by Crippen LogP contribution is -2.49. The third-order valence-corrected chi connectivity index (χ3v) is 4.56. The van der Waals surface area contributed by atoms with Gasteiger partial charge in [0, 0.05) is 6.42 Å². The number of furan rings is 1. The van der Waals surface area contributed by atoms with Crippen molar-refractivity contribution in [1.82, 2.24) is 5.32 Å². The fraction of sp³-hybridized carbons (Fsp3) is 0.429. The van der Waals surface area contributed by atoms with Crippen molar-refractivity contribution >= 4 is 27.9 Å². The summed E-state index contributed by atoms with van der Waals surface area (Å²) in [6.45, 7) is 4.20. The van der Waals surface area contributed by atoms with Crippen molar-refractivity contribution in [1.29, 1.82) is 0 Å². The Bertz CT molecular complexity index is 759. The van der Waals surface area contributed by atoms with Crippen molar-refractivity contribution in [3.8, 4) is 0 Å². The third kappa shape index (κ3) is 7.13. The maximum absolute atomic E-state index is 12.7. The molecule has 7 heteroatoms. The monoisotopic (exact) mass is 451 g/mol. The van der Waals surface area contributed by atoms with Crippen LogP contribution in [-0.2, 0) is 32.1 Å². The van der Waals surface area contributed by atoms with Crippen molar-refractivity contribution in [2.75, 3.05) is 7.11 Å². The number of hydrogen-bond acceptors (Lipinski definition) is 6. The van der Waals surface area contributed by atoms with Crippen LogP contribution >= 0.6 is 15.9 Å². The summed E-state index contributed by atoms with van der Waals surface area (Å²) in [5.41, 5.74) is 0.907. The van der Waals surface area contributed by atoms with Crippen molar-refractivity contribution in [3.05, 3.63) is 58.5 Å². The second-order valence-electron chi connectivity index (χ2n) is 6.93. The number of ether oxygens (including phenoxy) is 2. The van der Waals surface area contributed by atoms with Gasteiger partial charge >= 0.3 is 11.9 Å². The minimum atomic E-state index is -0.726. The van der Waals surface area contributed by atoms with Crippen LogP contribution in [0.4, 0.5) is 0 Å². The molecule has 0 saturated heterocycles. The van der Waals surface area contributed by atoms with Gasteiger partial charge in [-0.05, 0) is 46.0 Å². The van der Waals surface area contributed by atoms with Crippen LogP contribution in [0.15, 0.2) is 51.6 Å². The number of halogens is 1. The van der Waals surface area contributed by atoms with E-state index < -0.39 is 24.0 Å². The molecule has 0 bridgehead atoms. The first-order valence-corrected chi connectivity index (χ1v) is 9.97. The van der Waals surface area contributed by atoms with Crippen LogP contribution in [0.25, 0.3) is 0 Å². The van der Waals surface area contributed by atoms with Gasteiger partial charge < -0.3 is 13.9 Å². The quantitative estimate of drug-likeness (QED) is 0.552. The number of nitrogens with one attached hydrogen (secondary N) is 1. The van der Waals surface area contributed by atoms with Crippen molar-refractivity contribution in [2.24, 2.45) is 5.92 Å². The Morgan fingerprint density at radius 3 is 2.36 bits per heavy atom. The summed E-state index contributed by atoms with van der Waals surface area (Å²) in [5.74, 6) is -0.0160. The van der Waals surface area contributed by atoms with Gasteiger partial charge in [-0.2, -0.15) is 0 Å². The van der Waals surface area contributed by atoms with Crippen LogP contribution in [0.2, 0.25) is 0 Å². The molecule has 6 nitrogen and oxygen atoms in total. The fourth-order valence-corrected chi connectivity index (χ4v) is 3.13. The summed E-state index contributed by atoms with van der Waals surface area (Å²) < 4.78 is 16.4. The molecule has 1 aromatic carbocycles. The molecule has 2 aromatic rings. The predicted molar refractivity (Wildman–Crippen MR) is 109 cm³/mol. The highest BCUT2D eigenvalue weighted by molar-refractivity contribution is 9.10. The second-order valence-corrected chi connectivity index (χ2v) is 7.71. The third-order valence-electron chi connectivity index (χ3n) is 4.14. The Morgan fingerprint density at radius 1 is 1.07 bits per heavy atom. The summed E-state index contributed by atoms with van der Waals surface area (Å²) in [4.78, 5) is 24.9. The molecule has 1 heterocycles. The average Bonchev–Trinajstić information content (AvgIpc) is 3.09. The van der Waals surface area contributed by atoms with E-state index in [-0.39, 0.29) is 18.9 Å². The van der Waals surface area contributed by atoms with Gasteiger partial charge in [0.05, 0.1) is 7.11 Å². The number of carbonyl (C=O) groups is 2. The van der Waals surface area contributed by atoms with E-state index in [1.54, 1.807) is 12.1 Å². The van der Waals surface area contributed by atoms with E-state index in [0.29, 0.717) is 16.9 Å². The maximum atomic E-state index is 12.7. The Hall–Kier alpha value is -2.12. The van der Waals surface area contributed by atoms with Crippen LogP contribution in [0.3, 0.4) is 0 Å². The fourth-order valence-electron chi connectivity index (χ4n) is 2.79. The topological polar surface area (TPSA) is 77.8 Å². The minimum absolute atomic E-state index is 0.184. The van der Waals surface area contributed by atoms with Gasteiger partial charge in [-0.15, -0.1) is 0 Å². The molecular weight excluding hydrogens is 426 g/mol.